The summed E-state index contributed by atoms with van der Waals surface area (Å²) < 4.78 is 0. The lowest BCUT2D eigenvalue weighted by molar-refractivity contribution is 0.376. The Balaban J connectivity index is 1.90. The van der Waals surface area contributed by atoms with Crippen molar-refractivity contribution in [2.75, 3.05) is 6.54 Å². The van der Waals surface area contributed by atoms with E-state index in [9.17, 15) is 0 Å². The second-order valence-electron chi connectivity index (χ2n) is 5.96. The highest BCUT2D eigenvalue weighted by Gasteiger charge is 2.21. The van der Waals surface area contributed by atoms with Gasteiger partial charge in [-0.3, -0.25) is 4.98 Å². The van der Waals surface area contributed by atoms with E-state index in [-0.39, 0.29) is 0 Å². The van der Waals surface area contributed by atoms with E-state index in [2.05, 4.69) is 36.3 Å². The maximum atomic E-state index is 4.12. The molecule has 1 N–H and O–H groups in total. The Labute approximate surface area is 118 Å². The zero-order valence-electron chi connectivity index (χ0n) is 12.4. The molecule has 19 heavy (non-hydrogen) atoms. The molecule has 1 aliphatic carbocycles. The van der Waals surface area contributed by atoms with Crippen LogP contribution in [-0.2, 0) is 0 Å². The molecule has 0 saturated heterocycles. The summed E-state index contributed by atoms with van der Waals surface area (Å²) in [6.45, 7) is 5.61. The zero-order valence-corrected chi connectivity index (χ0v) is 12.4. The van der Waals surface area contributed by atoms with Crippen molar-refractivity contribution in [2.24, 2.45) is 5.92 Å². The lowest BCUT2D eigenvalue weighted by Crippen LogP contribution is -2.34. The minimum absolute atomic E-state index is 0.573. The molecule has 0 aliphatic heterocycles. The first-order chi connectivity index (χ1) is 9.31. The molecule has 1 saturated carbocycles. The average molecular weight is 260 g/mol. The number of likely N-dealkylation sites (N-methyl/N-ethyl adjacent to an activating group) is 1. The van der Waals surface area contributed by atoms with Crippen LogP contribution in [0.15, 0.2) is 24.5 Å². The van der Waals surface area contributed by atoms with Crippen LogP contribution in [0.1, 0.15) is 63.9 Å². The second kappa shape index (κ2) is 7.64. The summed E-state index contributed by atoms with van der Waals surface area (Å²) in [5.74, 6) is 1.56. The first-order valence-electron chi connectivity index (χ1n) is 7.94. The molecule has 2 unspecified atom stereocenters. The van der Waals surface area contributed by atoms with Gasteiger partial charge in [-0.15, -0.1) is 0 Å². The maximum Gasteiger partial charge on any atom is 0.0270 e. The van der Waals surface area contributed by atoms with E-state index in [0.717, 1.165) is 12.5 Å². The predicted molar refractivity (Wildman–Crippen MR) is 81.3 cm³/mol. The lowest BCUT2D eigenvalue weighted by Gasteiger charge is -2.26. The van der Waals surface area contributed by atoms with Gasteiger partial charge in [0.05, 0.1) is 0 Å². The maximum absolute atomic E-state index is 4.12. The molecule has 2 atom stereocenters. The molecule has 106 valence electrons. The third kappa shape index (κ3) is 4.31. The van der Waals surface area contributed by atoms with Gasteiger partial charge in [-0.2, -0.15) is 0 Å². The average Bonchev–Trinajstić information content (AvgIpc) is 2.97. The molecule has 2 nitrogen and oxygen atoms in total. The van der Waals surface area contributed by atoms with Crippen molar-refractivity contribution in [1.29, 1.82) is 0 Å². The molecule has 1 fully saturated rings. The van der Waals surface area contributed by atoms with Crippen LogP contribution >= 0.6 is 0 Å². The Kier molecular flexibility index (Phi) is 5.84. The van der Waals surface area contributed by atoms with Gasteiger partial charge in [0.15, 0.2) is 0 Å². The summed E-state index contributed by atoms with van der Waals surface area (Å²) in [5, 5.41) is 3.68. The summed E-state index contributed by atoms with van der Waals surface area (Å²) in [7, 11) is 0. The molecule has 0 aromatic carbocycles. The van der Waals surface area contributed by atoms with E-state index in [1.807, 2.05) is 12.4 Å². The number of nitrogens with zero attached hydrogens (tertiary/aromatic N) is 1. The fourth-order valence-electron chi connectivity index (χ4n) is 3.40. The minimum atomic E-state index is 0.573. The van der Waals surface area contributed by atoms with Crippen LogP contribution in [0.25, 0.3) is 0 Å². The normalized spacial score (nSPS) is 19.5. The van der Waals surface area contributed by atoms with Crippen LogP contribution in [0.4, 0.5) is 0 Å². The van der Waals surface area contributed by atoms with Gasteiger partial charge in [0.25, 0.3) is 0 Å². The van der Waals surface area contributed by atoms with Gasteiger partial charge < -0.3 is 5.32 Å². The van der Waals surface area contributed by atoms with E-state index in [0.29, 0.717) is 12.0 Å². The zero-order chi connectivity index (χ0) is 13.5. The number of nitrogens with one attached hydrogen (secondary N) is 1. The molecule has 1 heterocycles. The third-order valence-electron chi connectivity index (χ3n) is 4.66. The molecule has 1 aromatic heterocycles. The van der Waals surface area contributed by atoms with Gasteiger partial charge >= 0.3 is 0 Å². The highest BCUT2D eigenvalue weighted by molar-refractivity contribution is 5.17. The first kappa shape index (κ1) is 14.5. The lowest BCUT2D eigenvalue weighted by atomic mass is 9.88. The van der Waals surface area contributed by atoms with Gasteiger partial charge in [-0.1, -0.05) is 39.5 Å². The summed E-state index contributed by atoms with van der Waals surface area (Å²) in [6.07, 6.45) is 12.4. The number of pyridine rings is 1. The van der Waals surface area contributed by atoms with Crippen molar-refractivity contribution in [2.45, 2.75) is 64.3 Å². The van der Waals surface area contributed by atoms with Crippen molar-refractivity contribution >= 4 is 0 Å². The van der Waals surface area contributed by atoms with Crippen molar-refractivity contribution in [1.82, 2.24) is 10.3 Å². The van der Waals surface area contributed by atoms with Gasteiger partial charge in [-0.25, -0.2) is 0 Å². The minimum Gasteiger partial charge on any atom is -0.314 e. The fourth-order valence-corrected chi connectivity index (χ4v) is 3.40. The first-order valence-corrected chi connectivity index (χ1v) is 7.94. The van der Waals surface area contributed by atoms with Crippen LogP contribution in [-0.4, -0.2) is 17.6 Å². The van der Waals surface area contributed by atoms with Crippen LogP contribution in [0, 0.1) is 5.92 Å². The van der Waals surface area contributed by atoms with Gasteiger partial charge in [0.2, 0.25) is 0 Å². The molecular weight excluding hydrogens is 232 g/mol. The summed E-state index contributed by atoms with van der Waals surface area (Å²) >= 11 is 0. The third-order valence-corrected chi connectivity index (χ3v) is 4.66. The van der Waals surface area contributed by atoms with Crippen molar-refractivity contribution in [3.05, 3.63) is 30.1 Å². The van der Waals surface area contributed by atoms with E-state index >= 15 is 0 Å². The molecule has 2 rings (SSSR count). The summed E-state index contributed by atoms with van der Waals surface area (Å²) in [6, 6.07) is 4.92. The Bertz CT molecular complexity index is 344. The summed E-state index contributed by atoms with van der Waals surface area (Å²) in [5.41, 5.74) is 1.41. The van der Waals surface area contributed by atoms with Crippen LogP contribution in [0.3, 0.4) is 0 Å². The highest BCUT2D eigenvalue weighted by Crippen LogP contribution is 2.31. The van der Waals surface area contributed by atoms with Gasteiger partial charge in [0.1, 0.15) is 0 Å². The van der Waals surface area contributed by atoms with Crippen molar-refractivity contribution in [3.8, 4) is 0 Å². The monoisotopic (exact) mass is 260 g/mol. The quantitative estimate of drug-likeness (QED) is 0.797. The Morgan fingerprint density at radius 3 is 2.58 bits per heavy atom. The Morgan fingerprint density at radius 1 is 1.26 bits per heavy atom. The van der Waals surface area contributed by atoms with E-state index in [1.54, 1.807) is 0 Å². The van der Waals surface area contributed by atoms with E-state index < -0.39 is 0 Å². The van der Waals surface area contributed by atoms with E-state index in [4.69, 9.17) is 0 Å². The molecule has 1 aromatic rings. The predicted octanol–water partition coefficient (Wildman–Crippen LogP) is 4.13. The molecule has 0 radical (unpaired) electrons. The number of rotatable bonds is 7. The van der Waals surface area contributed by atoms with Crippen LogP contribution in [0.5, 0.6) is 0 Å². The molecule has 2 heteroatoms. The molecular formula is C17H28N2. The smallest absolute Gasteiger partial charge is 0.0270 e. The topological polar surface area (TPSA) is 24.9 Å². The number of aromatic nitrogens is 1. The van der Waals surface area contributed by atoms with Crippen LogP contribution in [0.2, 0.25) is 0 Å². The van der Waals surface area contributed by atoms with Crippen LogP contribution < -0.4 is 5.32 Å². The number of hydrogen-bond donors (Lipinski definition) is 1. The standard InChI is InChI=1S/C17H28N2/c1-3-19-17(9-8-15-6-4-5-7-15)14(2)16-10-12-18-13-11-16/h10-15,17,19H,3-9H2,1-2H3. The molecule has 0 bridgehead atoms. The highest BCUT2D eigenvalue weighted by atomic mass is 14.9. The van der Waals surface area contributed by atoms with Crippen molar-refractivity contribution < 1.29 is 0 Å². The van der Waals surface area contributed by atoms with E-state index in [1.165, 1.54) is 44.1 Å². The SMILES string of the molecule is CCNC(CCC1CCCC1)C(C)c1ccncc1. The Morgan fingerprint density at radius 2 is 1.95 bits per heavy atom. The van der Waals surface area contributed by atoms with Gasteiger partial charge in [0, 0.05) is 18.4 Å². The molecule has 0 amide bonds. The summed E-state index contributed by atoms with van der Waals surface area (Å²) in [4.78, 5) is 4.12. The molecule has 1 aliphatic rings. The second-order valence-corrected chi connectivity index (χ2v) is 5.96. The van der Waals surface area contributed by atoms with Gasteiger partial charge in [-0.05, 0) is 48.9 Å². The Hall–Kier alpha value is -0.890. The number of hydrogen-bond acceptors (Lipinski definition) is 2. The fraction of sp³-hybridized carbons (Fsp3) is 0.706. The largest absolute Gasteiger partial charge is 0.314 e. The van der Waals surface area contributed by atoms with Crippen molar-refractivity contribution in [3.63, 3.8) is 0 Å². The molecule has 0 spiro atoms.